The molecule has 0 aromatic carbocycles. The van der Waals surface area contributed by atoms with Crippen molar-refractivity contribution in [3.05, 3.63) is 0 Å². The third kappa shape index (κ3) is 2.63. The van der Waals surface area contributed by atoms with Crippen molar-refractivity contribution in [2.75, 3.05) is 20.3 Å². The minimum Gasteiger partial charge on any atom is -0.396 e. The first-order valence-electron chi connectivity index (χ1n) is 10.7. The van der Waals surface area contributed by atoms with E-state index in [0.29, 0.717) is 29.3 Å². The average molecular weight is 351 g/mol. The molecular formula is C22H38O3. The van der Waals surface area contributed by atoms with Gasteiger partial charge < -0.3 is 14.9 Å². The predicted molar refractivity (Wildman–Crippen MR) is 99.1 cm³/mol. The highest BCUT2D eigenvalue weighted by Crippen LogP contribution is 2.68. The van der Waals surface area contributed by atoms with Crippen molar-refractivity contribution in [1.82, 2.24) is 0 Å². The van der Waals surface area contributed by atoms with Crippen molar-refractivity contribution in [2.45, 2.75) is 77.2 Å². The van der Waals surface area contributed by atoms with Gasteiger partial charge in [0, 0.05) is 13.7 Å². The minimum absolute atomic E-state index is 0.290. The van der Waals surface area contributed by atoms with Crippen LogP contribution in [-0.2, 0) is 4.74 Å². The summed E-state index contributed by atoms with van der Waals surface area (Å²) >= 11 is 0. The summed E-state index contributed by atoms with van der Waals surface area (Å²) < 4.78 is 5.82. The van der Waals surface area contributed by atoms with Gasteiger partial charge in [-0.2, -0.15) is 0 Å². The van der Waals surface area contributed by atoms with Crippen molar-refractivity contribution in [2.24, 2.45) is 40.4 Å². The van der Waals surface area contributed by atoms with Crippen LogP contribution in [0.5, 0.6) is 0 Å². The summed E-state index contributed by atoms with van der Waals surface area (Å²) in [4.78, 5) is 0. The van der Waals surface area contributed by atoms with Crippen LogP contribution >= 0.6 is 0 Å². The van der Waals surface area contributed by atoms with Crippen LogP contribution < -0.4 is 0 Å². The molecule has 0 aliphatic heterocycles. The van der Waals surface area contributed by atoms with Crippen LogP contribution in [0.3, 0.4) is 0 Å². The van der Waals surface area contributed by atoms with Crippen molar-refractivity contribution < 1.29 is 14.9 Å². The SMILES string of the molecule is COC[C@]12CC[C@@](C)(O)C[C@H]1CC[C@H]1[C@@H]3CC[C@H](CO)[C@@]3(C)CC[C@@H]12. The van der Waals surface area contributed by atoms with E-state index in [-0.39, 0.29) is 0 Å². The zero-order valence-electron chi connectivity index (χ0n) is 16.5. The molecule has 2 N–H and O–H groups in total. The molecule has 8 atom stereocenters. The molecule has 0 aromatic heterocycles. The van der Waals surface area contributed by atoms with E-state index >= 15 is 0 Å². The fourth-order valence-corrected chi connectivity index (χ4v) is 8.19. The molecular weight excluding hydrogens is 312 g/mol. The van der Waals surface area contributed by atoms with Gasteiger partial charge in [-0.15, -0.1) is 0 Å². The molecule has 144 valence electrons. The lowest BCUT2D eigenvalue weighted by atomic mass is 9.43. The molecule has 0 amide bonds. The Morgan fingerprint density at radius 3 is 2.48 bits per heavy atom. The van der Waals surface area contributed by atoms with E-state index in [0.717, 1.165) is 43.6 Å². The van der Waals surface area contributed by atoms with Gasteiger partial charge in [0.05, 0.1) is 12.2 Å². The molecule has 3 nitrogen and oxygen atoms in total. The Kier molecular flexibility index (Phi) is 4.53. The minimum atomic E-state index is -0.479. The summed E-state index contributed by atoms with van der Waals surface area (Å²) in [5, 5.41) is 20.6. The number of hydrogen-bond donors (Lipinski definition) is 2. The molecule has 4 aliphatic carbocycles. The molecule has 3 heteroatoms. The van der Waals surface area contributed by atoms with Crippen molar-refractivity contribution in [3.63, 3.8) is 0 Å². The second-order valence-corrected chi connectivity index (χ2v) is 10.5. The molecule has 25 heavy (non-hydrogen) atoms. The smallest absolute Gasteiger partial charge is 0.0622 e. The highest BCUT2D eigenvalue weighted by molar-refractivity contribution is 5.11. The van der Waals surface area contributed by atoms with Crippen molar-refractivity contribution in [3.8, 4) is 0 Å². The lowest BCUT2D eigenvalue weighted by Crippen LogP contribution is -2.58. The number of methoxy groups -OCH3 is 1. The van der Waals surface area contributed by atoms with Gasteiger partial charge in [0.2, 0.25) is 0 Å². The summed E-state index contributed by atoms with van der Waals surface area (Å²) in [5.41, 5.74) is 0.170. The maximum atomic E-state index is 10.7. The molecule has 0 heterocycles. The fourth-order valence-electron chi connectivity index (χ4n) is 8.19. The zero-order valence-corrected chi connectivity index (χ0v) is 16.5. The zero-order chi connectivity index (χ0) is 17.9. The Morgan fingerprint density at radius 2 is 1.76 bits per heavy atom. The third-order valence-electron chi connectivity index (χ3n) is 9.48. The molecule has 0 bridgehead atoms. The van der Waals surface area contributed by atoms with Gasteiger partial charge in [-0.1, -0.05) is 6.92 Å². The van der Waals surface area contributed by atoms with E-state index in [1.165, 1.54) is 38.5 Å². The van der Waals surface area contributed by atoms with Crippen LogP contribution in [-0.4, -0.2) is 36.1 Å². The Bertz CT molecular complexity index is 504. The standard InChI is InChI=1S/C22H38O3/c1-20(24)10-11-22(14-25-3)15(12-20)4-6-17-18-7-5-16(13-23)21(18,2)9-8-19(17)22/h15-19,23-24H,4-14H2,1-3H3/t15-,16-,17+,18+,19+,20-,21-,22-/m1/s1. The lowest BCUT2D eigenvalue weighted by molar-refractivity contribution is -0.175. The summed E-state index contributed by atoms with van der Waals surface area (Å²) in [5.74, 6) is 3.50. The second-order valence-electron chi connectivity index (χ2n) is 10.5. The Hall–Kier alpha value is -0.120. The molecule has 4 saturated carbocycles. The van der Waals surface area contributed by atoms with Crippen LogP contribution in [0.4, 0.5) is 0 Å². The normalized spacial score (nSPS) is 55.3. The van der Waals surface area contributed by atoms with E-state index in [4.69, 9.17) is 4.74 Å². The van der Waals surface area contributed by atoms with Crippen molar-refractivity contribution >= 4 is 0 Å². The van der Waals surface area contributed by atoms with Gasteiger partial charge in [-0.3, -0.25) is 0 Å². The number of fused-ring (bicyclic) bond motifs is 5. The number of hydrogen-bond acceptors (Lipinski definition) is 3. The van der Waals surface area contributed by atoms with Crippen molar-refractivity contribution in [1.29, 1.82) is 0 Å². The Balaban J connectivity index is 1.64. The molecule has 4 aliphatic rings. The van der Waals surface area contributed by atoms with E-state index in [1.807, 2.05) is 14.0 Å². The number of rotatable bonds is 3. The Labute approximate surface area is 153 Å². The van der Waals surface area contributed by atoms with Gasteiger partial charge in [0.1, 0.15) is 0 Å². The van der Waals surface area contributed by atoms with Crippen LogP contribution in [0.25, 0.3) is 0 Å². The van der Waals surface area contributed by atoms with Crippen LogP contribution in [0.15, 0.2) is 0 Å². The number of aliphatic hydroxyl groups is 2. The van der Waals surface area contributed by atoms with E-state index in [1.54, 1.807) is 0 Å². The topological polar surface area (TPSA) is 49.7 Å². The van der Waals surface area contributed by atoms with Crippen LogP contribution in [0.1, 0.15) is 71.6 Å². The molecule has 0 saturated heterocycles. The van der Waals surface area contributed by atoms with E-state index in [2.05, 4.69) is 6.92 Å². The monoisotopic (exact) mass is 350 g/mol. The maximum Gasteiger partial charge on any atom is 0.0622 e. The first kappa shape index (κ1) is 18.3. The molecule has 0 radical (unpaired) electrons. The number of ether oxygens (including phenoxy) is 1. The van der Waals surface area contributed by atoms with E-state index in [9.17, 15) is 10.2 Å². The summed E-state index contributed by atoms with van der Waals surface area (Å²) in [6, 6.07) is 0. The summed E-state index contributed by atoms with van der Waals surface area (Å²) in [6.07, 6.45) is 10.7. The van der Waals surface area contributed by atoms with Crippen LogP contribution in [0, 0.1) is 40.4 Å². The number of aliphatic hydroxyl groups excluding tert-OH is 1. The molecule has 0 spiro atoms. The molecule has 4 fully saturated rings. The van der Waals surface area contributed by atoms with Gasteiger partial charge >= 0.3 is 0 Å². The molecule has 4 rings (SSSR count). The van der Waals surface area contributed by atoms with Gasteiger partial charge in [-0.05, 0) is 105 Å². The summed E-state index contributed by atoms with van der Waals surface area (Å²) in [6.45, 7) is 5.76. The van der Waals surface area contributed by atoms with Gasteiger partial charge in [0.15, 0.2) is 0 Å². The molecule has 0 unspecified atom stereocenters. The maximum absolute atomic E-state index is 10.7. The lowest BCUT2D eigenvalue weighted by Gasteiger charge is -2.62. The highest BCUT2D eigenvalue weighted by Gasteiger charge is 2.62. The third-order valence-corrected chi connectivity index (χ3v) is 9.48. The highest BCUT2D eigenvalue weighted by atomic mass is 16.5. The largest absolute Gasteiger partial charge is 0.396 e. The van der Waals surface area contributed by atoms with Crippen LogP contribution in [0.2, 0.25) is 0 Å². The first-order chi connectivity index (χ1) is 11.9. The Morgan fingerprint density at radius 1 is 0.960 bits per heavy atom. The second kappa shape index (κ2) is 6.21. The van der Waals surface area contributed by atoms with Gasteiger partial charge in [-0.25, -0.2) is 0 Å². The molecule has 0 aromatic rings. The van der Waals surface area contributed by atoms with Gasteiger partial charge in [0.25, 0.3) is 0 Å². The van der Waals surface area contributed by atoms with E-state index < -0.39 is 5.60 Å². The average Bonchev–Trinajstić information content (AvgIpc) is 2.91. The first-order valence-corrected chi connectivity index (χ1v) is 10.7. The summed E-state index contributed by atoms with van der Waals surface area (Å²) in [7, 11) is 1.87. The predicted octanol–water partition coefficient (Wildman–Crippen LogP) is 4.02. The fraction of sp³-hybridized carbons (Fsp3) is 1.00. The quantitative estimate of drug-likeness (QED) is 0.808.